The van der Waals surface area contributed by atoms with Crippen molar-refractivity contribution in [3.8, 4) is 0 Å². The molecule has 0 saturated heterocycles. The summed E-state index contributed by atoms with van der Waals surface area (Å²) in [5.74, 6) is -1.44. The van der Waals surface area contributed by atoms with Gasteiger partial charge in [-0.1, -0.05) is 13.8 Å². The number of ketones is 1. The monoisotopic (exact) mass is 183 g/mol. The van der Waals surface area contributed by atoms with E-state index in [4.69, 9.17) is 0 Å². The summed E-state index contributed by atoms with van der Waals surface area (Å²) in [5, 5.41) is 1.95. The molecule has 0 heterocycles. The second-order valence-corrected chi connectivity index (χ2v) is 2.82. The number of alkyl halides is 3. The van der Waals surface area contributed by atoms with Crippen LogP contribution in [0, 0.1) is 5.92 Å². The van der Waals surface area contributed by atoms with Crippen LogP contribution in [0.25, 0.3) is 0 Å². The fourth-order valence-corrected chi connectivity index (χ4v) is 0.801. The van der Waals surface area contributed by atoms with E-state index in [-0.39, 0.29) is 0 Å². The zero-order valence-electron chi connectivity index (χ0n) is 7.20. The molecule has 0 aliphatic heterocycles. The molecule has 72 valence electrons. The minimum absolute atomic E-state index is 0.607. The van der Waals surface area contributed by atoms with Gasteiger partial charge in [0.2, 0.25) is 0 Å². The van der Waals surface area contributed by atoms with E-state index in [2.05, 4.69) is 0 Å². The second-order valence-electron chi connectivity index (χ2n) is 2.82. The molecule has 12 heavy (non-hydrogen) atoms. The minimum Gasteiger partial charge on any atom is -0.303 e. The van der Waals surface area contributed by atoms with Crippen LogP contribution in [0.3, 0.4) is 0 Å². The number of hydrogen-bond acceptors (Lipinski definition) is 2. The number of Topliss-reactive ketones (excluding diaryl/α,β-unsaturated/α-hetero) is 1. The lowest BCUT2D eigenvalue weighted by Crippen LogP contribution is -2.48. The molecular formula is C7H12F3NO. The van der Waals surface area contributed by atoms with E-state index < -0.39 is 23.9 Å². The highest BCUT2D eigenvalue weighted by Gasteiger charge is 2.44. The van der Waals surface area contributed by atoms with E-state index in [1.165, 1.54) is 13.8 Å². The molecule has 0 fully saturated rings. The molecule has 0 amide bonds. The van der Waals surface area contributed by atoms with Crippen molar-refractivity contribution in [1.82, 2.24) is 5.32 Å². The second kappa shape index (κ2) is 3.89. The van der Waals surface area contributed by atoms with Gasteiger partial charge >= 0.3 is 6.18 Å². The topological polar surface area (TPSA) is 29.1 Å². The van der Waals surface area contributed by atoms with Crippen molar-refractivity contribution in [2.75, 3.05) is 7.05 Å². The average molecular weight is 183 g/mol. The Balaban J connectivity index is 4.47. The van der Waals surface area contributed by atoms with E-state index >= 15 is 0 Å². The molecule has 0 aliphatic carbocycles. The number of likely N-dealkylation sites (N-methyl/N-ethyl adjacent to an activating group) is 1. The highest BCUT2D eigenvalue weighted by Crippen LogP contribution is 2.22. The summed E-state index contributed by atoms with van der Waals surface area (Å²) >= 11 is 0. The van der Waals surface area contributed by atoms with Crippen LogP contribution in [0.15, 0.2) is 0 Å². The summed E-state index contributed by atoms with van der Waals surface area (Å²) in [6.07, 6.45) is -4.49. The van der Waals surface area contributed by atoms with Gasteiger partial charge in [0, 0.05) is 5.92 Å². The third-order valence-electron chi connectivity index (χ3n) is 1.47. The molecule has 0 aromatic heterocycles. The van der Waals surface area contributed by atoms with Gasteiger partial charge in [-0.3, -0.25) is 4.79 Å². The lowest BCUT2D eigenvalue weighted by Gasteiger charge is -2.19. The largest absolute Gasteiger partial charge is 0.410 e. The number of carbonyl (C=O) groups is 1. The Morgan fingerprint density at radius 3 is 1.83 bits per heavy atom. The summed E-state index contributed by atoms with van der Waals surface area (Å²) in [4.78, 5) is 10.9. The van der Waals surface area contributed by atoms with E-state index in [0.29, 0.717) is 0 Å². The lowest BCUT2D eigenvalue weighted by molar-refractivity contribution is -0.168. The molecule has 1 atom stereocenters. The Morgan fingerprint density at radius 2 is 1.75 bits per heavy atom. The number of halogens is 3. The van der Waals surface area contributed by atoms with Crippen LogP contribution in [-0.2, 0) is 4.79 Å². The zero-order chi connectivity index (χ0) is 9.94. The van der Waals surface area contributed by atoms with E-state index in [0.717, 1.165) is 7.05 Å². The van der Waals surface area contributed by atoms with Crippen molar-refractivity contribution in [2.24, 2.45) is 5.92 Å². The Bertz CT molecular complexity index is 165. The zero-order valence-corrected chi connectivity index (χ0v) is 7.20. The predicted octanol–water partition coefficient (Wildman–Crippen LogP) is 1.36. The first-order chi connectivity index (χ1) is 5.30. The molecule has 0 bridgehead atoms. The molecule has 1 unspecified atom stereocenters. The quantitative estimate of drug-likeness (QED) is 0.715. The standard InChI is InChI=1S/C7H12F3NO/c1-4(2)5(12)6(11-3)7(8,9)10/h4,6,11H,1-3H3. The molecule has 5 heteroatoms. The van der Waals surface area contributed by atoms with Crippen LogP contribution in [0.1, 0.15) is 13.8 Å². The Labute approximate surface area is 69.1 Å². The van der Waals surface area contributed by atoms with Crippen LogP contribution in [0.2, 0.25) is 0 Å². The van der Waals surface area contributed by atoms with E-state index in [9.17, 15) is 18.0 Å². The van der Waals surface area contributed by atoms with Gasteiger partial charge in [-0.25, -0.2) is 0 Å². The van der Waals surface area contributed by atoms with Gasteiger partial charge in [0.1, 0.15) is 0 Å². The molecule has 0 saturated carbocycles. The molecule has 1 N–H and O–H groups in total. The van der Waals surface area contributed by atoms with Gasteiger partial charge in [-0.2, -0.15) is 13.2 Å². The first-order valence-corrected chi connectivity index (χ1v) is 3.58. The highest BCUT2D eigenvalue weighted by atomic mass is 19.4. The molecule has 0 aliphatic rings. The first-order valence-electron chi connectivity index (χ1n) is 3.58. The van der Waals surface area contributed by atoms with Gasteiger partial charge in [0.15, 0.2) is 11.8 Å². The Hall–Kier alpha value is -0.580. The van der Waals surface area contributed by atoms with Crippen LogP contribution in [-0.4, -0.2) is 25.0 Å². The molecular weight excluding hydrogens is 171 g/mol. The lowest BCUT2D eigenvalue weighted by atomic mass is 10.0. The number of carbonyl (C=O) groups excluding carboxylic acids is 1. The summed E-state index contributed by atoms with van der Waals surface area (Å²) in [6, 6.07) is -2.03. The molecule has 0 radical (unpaired) electrons. The molecule has 0 aromatic rings. The summed E-state index contributed by atoms with van der Waals surface area (Å²) in [5.41, 5.74) is 0. The van der Waals surface area contributed by atoms with Crippen LogP contribution in [0.5, 0.6) is 0 Å². The highest BCUT2D eigenvalue weighted by molar-refractivity contribution is 5.86. The maximum atomic E-state index is 12.0. The van der Waals surface area contributed by atoms with E-state index in [1.807, 2.05) is 5.32 Å². The maximum absolute atomic E-state index is 12.0. The predicted molar refractivity (Wildman–Crippen MR) is 38.7 cm³/mol. The van der Waals surface area contributed by atoms with Crippen molar-refractivity contribution in [1.29, 1.82) is 0 Å². The van der Waals surface area contributed by atoms with Crippen molar-refractivity contribution >= 4 is 5.78 Å². The molecule has 0 rings (SSSR count). The van der Waals surface area contributed by atoms with Crippen molar-refractivity contribution in [2.45, 2.75) is 26.1 Å². The maximum Gasteiger partial charge on any atom is 0.410 e. The van der Waals surface area contributed by atoms with Crippen molar-refractivity contribution in [3.63, 3.8) is 0 Å². The van der Waals surface area contributed by atoms with Crippen molar-refractivity contribution < 1.29 is 18.0 Å². The molecule has 0 spiro atoms. The van der Waals surface area contributed by atoms with Gasteiger partial charge in [0.05, 0.1) is 0 Å². The molecule has 0 aromatic carbocycles. The Morgan fingerprint density at radius 1 is 1.33 bits per heavy atom. The normalized spacial score (nSPS) is 14.9. The SMILES string of the molecule is CNC(C(=O)C(C)C)C(F)(F)F. The van der Waals surface area contributed by atoms with Gasteiger partial charge in [-0.15, -0.1) is 0 Å². The van der Waals surface area contributed by atoms with Gasteiger partial charge in [0.25, 0.3) is 0 Å². The number of hydrogen-bond donors (Lipinski definition) is 1. The number of rotatable bonds is 3. The third kappa shape index (κ3) is 2.81. The van der Waals surface area contributed by atoms with Crippen molar-refractivity contribution in [3.05, 3.63) is 0 Å². The van der Waals surface area contributed by atoms with E-state index in [1.54, 1.807) is 0 Å². The minimum atomic E-state index is -4.49. The fraction of sp³-hybridized carbons (Fsp3) is 0.857. The van der Waals surface area contributed by atoms with Crippen LogP contribution < -0.4 is 5.32 Å². The molecule has 2 nitrogen and oxygen atoms in total. The van der Waals surface area contributed by atoms with Gasteiger partial charge in [-0.05, 0) is 7.05 Å². The smallest absolute Gasteiger partial charge is 0.303 e. The number of nitrogens with one attached hydrogen (secondary N) is 1. The van der Waals surface area contributed by atoms with Crippen LogP contribution in [0.4, 0.5) is 13.2 Å². The van der Waals surface area contributed by atoms with Crippen LogP contribution >= 0.6 is 0 Å². The average Bonchev–Trinajstić information content (AvgIpc) is 1.85. The fourth-order valence-electron chi connectivity index (χ4n) is 0.801. The van der Waals surface area contributed by atoms with Gasteiger partial charge < -0.3 is 5.32 Å². The Kier molecular flexibility index (Phi) is 3.70. The third-order valence-corrected chi connectivity index (χ3v) is 1.47. The summed E-state index contributed by atoms with van der Waals surface area (Å²) < 4.78 is 36.1. The first kappa shape index (κ1) is 11.4. The summed E-state index contributed by atoms with van der Waals surface area (Å²) in [7, 11) is 1.12. The summed E-state index contributed by atoms with van der Waals surface area (Å²) in [6.45, 7) is 2.89.